The summed E-state index contributed by atoms with van der Waals surface area (Å²) in [5.41, 5.74) is 0. The molecule has 0 spiro atoms. The van der Waals surface area contributed by atoms with Crippen molar-refractivity contribution in [2.45, 2.75) is 0 Å². The maximum absolute atomic E-state index is 6.71. The van der Waals surface area contributed by atoms with Crippen LogP contribution in [0.15, 0.2) is 0 Å². The molecule has 0 fully saturated rings. The number of hydrogen-bond donors (Lipinski definition) is 0. The molecule has 0 amide bonds. The maximum atomic E-state index is 6.71. The van der Waals surface area contributed by atoms with Crippen LogP contribution in [0.4, 0.5) is 0 Å². The Kier molecular flexibility index (Phi) is 5.40. The summed E-state index contributed by atoms with van der Waals surface area (Å²) in [7, 11) is 0. The molecular weight excluding hydrogens is 132 g/mol. The molecule has 3 heteroatoms. The van der Waals surface area contributed by atoms with E-state index in [1.165, 1.54) is 11.8 Å². The van der Waals surface area contributed by atoms with E-state index in [2.05, 4.69) is 0 Å². The minimum Gasteiger partial charge on any atom is -0.365 e. The first-order chi connectivity index (χ1) is 3.91. The Bertz CT molecular complexity index is 41.0. The highest BCUT2D eigenvalue weighted by molar-refractivity contribution is 7.98. The van der Waals surface area contributed by atoms with Crippen LogP contribution in [0.25, 0.3) is 0 Å². The number of ether oxygens (including phenoxy) is 1. The number of thioether (sulfide) groups is 1. The molecule has 0 aliphatic carbocycles. The number of halogens is 1. The molecule has 0 aliphatic rings. The Hall–Kier alpha value is 0.600. The summed E-state index contributed by atoms with van der Waals surface area (Å²) in [6.45, 7) is 0.660. The van der Waals surface area contributed by atoms with Gasteiger partial charge in [-0.2, -0.15) is 11.8 Å². The summed E-state index contributed by atoms with van der Waals surface area (Å²) in [6.07, 6.45) is 0.408. The second-order valence-corrected chi connectivity index (χ2v) is 1.96. The van der Waals surface area contributed by atoms with Crippen LogP contribution in [0.2, 0.25) is 0 Å². The van der Waals surface area contributed by atoms with Gasteiger partial charge < -0.3 is 4.74 Å². The van der Waals surface area contributed by atoms with Crippen LogP contribution in [0.1, 0.15) is 1.37 Å². The summed E-state index contributed by atoms with van der Waals surface area (Å²) in [4.78, 5) is 0. The van der Waals surface area contributed by atoms with Gasteiger partial charge in [-0.3, -0.25) is 0 Å². The minimum absolute atomic E-state index is 0.262. The number of alkyl halides is 1. The van der Waals surface area contributed by atoms with E-state index in [0.29, 0.717) is 12.8 Å². The van der Waals surface area contributed by atoms with Gasteiger partial charge in [0.25, 0.3) is 0 Å². The van der Waals surface area contributed by atoms with Crippen LogP contribution < -0.4 is 0 Å². The average molecular weight is 143 g/mol. The predicted molar refractivity (Wildman–Crippen MR) is 35.1 cm³/mol. The highest BCUT2D eigenvalue weighted by atomic mass is 35.5. The Balaban J connectivity index is 2.53. The fourth-order valence-corrected chi connectivity index (χ4v) is 0.517. The molecule has 1 nitrogen and oxygen atoms in total. The van der Waals surface area contributed by atoms with Gasteiger partial charge in [0.1, 0.15) is 6.07 Å². The van der Waals surface area contributed by atoms with Crippen LogP contribution in [0.5, 0.6) is 0 Å². The van der Waals surface area contributed by atoms with E-state index in [4.69, 9.17) is 17.7 Å². The molecule has 0 bridgehead atoms. The largest absolute Gasteiger partial charge is 0.365 e. The predicted octanol–water partition coefficient (Wildman–Crippen LogP) is 1.56. The third-order valence-corrected chi connectivity index (χ3v) is 1.06. The molecule has 0 rings (SSSR count). The third-order valence-electron chi connectivity index (χ3n) is 0.449. The Morgan fingerprint density at radius 1 is 2.00 bits per heavy atom. The molecule has 0 aromatic carbocycles. The third kappa shape index (κ3) is 6.60. The average Bonchev–Trinajstić information content (AvgIpc) is 1.81. The van der Waals surface area contributed by atoms with Crippen molar-refractivity contribution in [2.24, 2.45) is 0 Å². The van der Waals surface area contributed by atoms with E-state index in [-0.39, 0.29) is 6.07 Å². The lowest BCUT2D eigenvalue weighted by Gasteiger charge is -1.93. The standard InChI is InChI=1S/C4H9ClOS/c1-7-3-2-6-4-5/h2-4H2,1H3/i1T. The van der Waals surface area contributed by atoms with Crippen molar-refractivity contribution in [1.29, 1.82) is 0 Å². The molecule has 0 aromatic rings. The van der Waals surface area contributed by atoms with Gasteiger partial charge in [0.2, 0.25) is 0 Å². The summed E-state index contributed by atoms with van der Waals surface area (Å²) < 4.78 is 11.5. The van der Waals surface area contributed by atoms with Crippen LogP contribution in [0, 0.1) is 0 Å². The topological polar surface area (TPSA) is 9.23 Å². The highest BCUT2D eigenvalue weighted by Crippen LogP contribution is 1.90. The molecule has 0 radical (unpaired) electrons. The van der Waals surface area contributed by atoms with Crippen LogP contribution >= 0.6 is 23.4 Å². The molecule has 7 heavy (non-hydrogen) atoms. The van der Waals surface area contributed by atoms with Gasteiger partial charge in [-0.1, -0.05) is 11.6 Å². The van der Waals surface area contributed by atoms with Gasteiger partial charge in [0.15, 0.2) is 0 Å². The normalized spacial score (nSPS) is 11.3. The second-order valence-electron chi connectivity index (χ2n) is 0.926. The van der Waals surface area contributed by atoms with Crippen LogP contribution in [-0.2, 0) is 4.74 Å². The van der Waals surface area contributed by atoms with Crippen LogP contribution in [0.3, 0.4) is 0 Å². The van der Waals surface area contributed by atoms with E-state index >= 15 is 0 Å². The quantitative estimate of drug-likeness (QED) is 0.435. The molecule has 0 aromatic heterocycles. The van der Waals surface area contributed by atoms with Crippen molar-refractivity contribution in [3.8, 4) is 0 Å². The van der Waals surface area contributed by atoms with Gasteiger partial charge >= 0.3 is 0 Å². The van der Waals surface area contributed by atoms with Crippen molar-refractivity contribution in [3.63, 3.8) is 0 Å². The Morgan fingerprint density at radius 3 is 3.43 bits per heavy atom. The highest BCUT2D eigenvalue weighted by Gasteiger charge is 1.79. The summed E-state index contributed by atoms with van der Waals surface area (Å²) in [5.74, 6) is 0.871. The molecule has 0 heterocycles. The van der Waals surface area contributed by atoms with Gasteiger partial charge in [0.05, 0.1) is 6.61 Å². The fraction of sp³-hybridized carbons (Fsp3) is 1.00. The van der Waals surface area contributed by atoms with Crippen molar-refractivity contribution < 1.29 is 6.11 Å². The molecule has 0 saturated heterocycles. The monoisotopic (exact) mass is 142 g/mol. The lowest BCUT2D eigenvalue weighted by atomic mass is 10.9. The first-order valence-electron chi connectivity index (χ1n) is 2.63. The second kappa shape index (κ2) is 6.60. The number of hydrogen-bond acceptors (Lipinski definition) is 2. The lowest BCUT2D eigenvalue weighted by molar-refractivity contribution is 0.198. The molecule has 44 valence electrons. The van der Waals surface area contributed by atoms with Gasteiger partial charge in [0, 0.05) is 7.12 Å². The molecule has 0 aliphatic heterocycles. The minimum atomic E-state index is 0.262. The van der Waals surface area contributed by atoms with Crippen molar-refractivity contribution in [2.75, 3.05) is 24.7 Å². The van der Waals surface area contributed by atoms with Crippen molar-refractivity contribution >= 4 is 23.4 Å². The Labute approximate surface area is 54.8 Å². The molecule has 0 atom stereocenters. The molecule has 0 saturated carbocycles. The first-order valence-corrected chi connectivity index (χ1v) is 3.61. The van der Waals surface area contributed by atoms with Gasteiger partial charge in [-0.05, 0) is 6.23 Å². The van der Waals surface area contributed by atoms with E-state index in [1.54, 1.807) is 0 Å². The number of rotatable bonds is 4. The molecular formula is C4H9ClOS. The van der Waals surface area contributed by atoms with Crippen molar-refractivity contribution in [1.82, 2.24) is 0 Å². The summed E-state index contributed by atoms with van der Waals surface area (Å²) in [5, 5.41) is 0. The first kappa shape index (κ1) is 5.73. The lowest BCUT2D eigenvalue weighted by Crippen LogP contribution is -1.92. The van der Waals surface area contributed by atoms with E-state index in [1.807, 2.05) is 0 Å². The zero-order chi connectivity index (χ0) is 6.24. The van der Waals surface area contributed by atoms with Gasteiger partial charge in [-0.25, -0.2) is 0 Å². The molecule has 0 N–H and O–H groups in total. The maximum Gasteiger partial charge on any atom is 0.120 e. The molecule has 0 unspecified atom stereocenters. The zero-order valence-corrected chi connectivity index (χ0v) is 5.60. The van der Waals surface area contributed by atoms with E-state index in [9.17, 15) is 0 Å². The zero-order valence-electron chi connectivity index (χ0n) is 5.02. The Morgan fingerprint density at radius 2 is 2.86 bits per heavy atom. The van der Waals surface area contributed by atoms with Crippen molar-refractivity contribution in [3.05, 3.63) is 0 Å². The SMILES string of the molecule is [3H]CSCCOCCl. The van der Waals surface area contributed by atoms with Crippen LogP contribution in [-0.4, -0.2) is 24.7 Å². The van der Waals surface area contributed by atoms with Gasteiger partial charge in [-0.15, -0.1) is 0 Å². The smallest absolute Gasteiger partial charge is 0.120 e. The summed E-state index contributed by atoms with van der Waals surface area (Å²) in [6, 6.07) is 0.262. The van der Waals surface area contributed by atoms with E-state index < -0.39 is 0 Å². The van der Waals surface area contributed by atoms with E-state index in [0.717, 1.165) is 5.75 Å². The fourth-order valence-electron chi connectivity index (χ4n) is 0.172. The summed E-state index contributed by atoms with van der Waals surface area (Å²) >= 11 is 6.73.